The van der Waals surface area contributed by atoms with E-state index in [0.717, 1.165) is 17.7 Å². The van der Waals surface area contributed by atoms with Crippen molar-refractivity contribution in [2.75, 3.05) is 26.2 Å². The Balaban J connectivity index is 1.54. The number of halogens is 1. The fraction of sp³-hybridized carbons (Fsp3) is 0.500. The highest BCUT2D eigenvalue weighted by Crippen LogP contribution is 2.34. The van der Waals surface area contributed by atoms with Crippen LogP contribution >= 0.6 is 11.6 Å². The largest absolute Gasteiger partial charge is 0.369 e. The molecular formula is C20H25ClN4O2. The highest BCUT2D eigenvalue weighted by molar-refractivity contribution is 6.31. The number of ether oxygens (including phenoxy) is 1. The summed E-state index contributed by atoms with van der Waals surface area (Å²) in [4.78, 5) is 15.4. The van der Waals surface area contributed by atoms with Crippen LogP contribution in [0.2, 0.25) is 5.02 Å². The van der Waals surface area contributed by atoms with Gasteiger partial charge in [0.25, 0.3) is 0 Å². The third-order valence-corrected chi connectivity index (χ3v) is 6.00. The number of nitrogens with one attached hydrogen (secondary N) is 1. The molecule has 2 saturated heterocycles. The van der Waals surface area contributed by atoms with Crippen LogP contribution in [0.5, 0.6) is 0 Å². The van der Waals surface area contributed by atoms with Crippen LogP contribution in [0.15, 0.2) is 36.7 Å². The number of amides is 1. The molecule has 6 nitrogen and oxygen atoms in total. The third-order valence-electron chi connectivity index (χ3n) is 5.65. The van der Waals surface area contributed by atoms with E-state index < -0.39 is 0 Å². The molecule has 1 aromatic heterocycles. The molecular weight excluding hydrogens is 364 g/mol. The first-order valence-electron chi connectivity index (χ1n) is 9.40. The highest BCUT2D eigenvalue weighted by atomic mass is 35.5. The summed E-state index contributed by atoms with van der Waals surface area (Å²) in [5.74, 6) is 0.253. The maximum Gasteiger partial charge on any atom is 0.228 e. The van der Waals surface area contributed by atoms with Gasteiger partial charge in [-0.2, -0.15) is 5.10 Å². The molecule has 3 heterocycles. The number of aromatic nitrogens is 2. The maximum absolute atomic E-state index is 13.4. The number of hydrogen-bond acceptors (Lipinski definition) is 4. The summed E-state index contributed by atoms with van der Waals surface area (Å²) in [5.41, 5.74) is 2.06. The van der Waals surface area contributed by atoms with E-state index in [1.165, 1.54) is 0 Å². The molecule has 0 bridgehead atoms. The van der Waals surface area contributed by atoms with Crippen molar-refractivity contribution in [1.29, 1.82) is 0 Å². The zero-order chi connectivity index (χ0) is 19.0. The number of carbonyl (C=O) groups excluding carboxylic acids is 1. The maximum atomic E-state index is 13.4. The van der Waals surface area contributed by atoms with Crippen LogP contribution in [0.4, 0.5) is 0 Å². The highest BCUT2D eigenvalue weighted by Gasteiger charge is 2.40. The Labute approximate surface area is 164 Å². The molecule has 2 aromatic rings. The lowest BCUT2D eigenvalue weighted by Crippen LogP contribution is -2.51. The van der Waals surface area contributed by atoms with Crippen LogP contribution in [0, 0.1) is 5.92 Å². The molecule has 4 atom stereocenters. The molecule has 0 spiro atoms. The molecule has 4 rings (SSSR count). The summed E-state index contributed by atoms with van der Waals surface area (Å²) >= 11 is 6.35. The Morgan fingerprint density at radius 1 is 1.33 bits per heavy atom. The van der Waals surface area contributed by atoms with Crippen molar-refractivity contribution in [1.82, 2.24) is 20.0 Å². The van der Waals surface area contributed by atoms with Crippen LogP contribution in [-0.2, 0) is 16.6 Å². The molecule has 2 unspecified atom stereocenters. The van der Waals surface area contributed by atoms with Crippen LogP contribution in [-0.4, -0.2) is 52.9 Å². The van der Waals surface area contributed by atoms with Crippen LogP contribution in [0.25, 0.3) is 0 Å². The van der Waals surface area contributed by atoms with Gasteiger partial charge in [-0.05, 0) is 18.6 Å². The second kappa shape index (κ2) is 7.62. The molecule has 0 aliphatic carbocycles. The molecule has 2 aliphatic rings. The summed E-state index contributed by atoms with van der Waals surface area (Å²) in [6, 6.07) is 7.74. The van der Waals surface area contributed by atoms with Crippen LogP contribution in [0.1, 0.15) is 30.1 Å². The average Bonchev–Trinajstić information content (AvgIpc) is 3.31. The van der Waals surface area contributed by atoms with E-state index in [-0.39, 0.29) is 29.9 Å². The van der Waals surface area contributed by atoms with Gasteiger partial charge in [0.15, 0.2) is 0 Å². The molecule has 1 N–H and O–H groups in total. The predicted molar refractivity (Wildman–Crippen MR) is 104 cm³/mol. The smallest absolute Gasteiger partial charge is 0.228 e. The number of benzene rings is 1. The van der Waals surface area contributed by atoms with E-state index in [1.807, 2.05) is 55.5 Å². The van der Waals surface area contributed by atoms with Gasteiger partial charge in [0.05, 0.1) is 31.3 Å². The Kier molecular flexibility index (Phi) is 5.21. The minimum atomic E-state index is -0.190. The molecule has 1 aromatic carbocycles. The quantitative estimate of drug-likeness (QED) is 0.877. The monoisotopic (exact) mass is 388 g/mol. The summed E-state index contributed by atoms with van der Waals surface area (Å²) in [7, 11) is 1.90. The molecule has 0 radical (unpaired) electrons. The minimum Gasteiger partial charge on any atom is -0.369 e. The van der Waals surface area contributed by atoms with Gasteiger partial charge in [-0.25, -0.2) is 0 Å². The second-order valence-corrected chi connectivity index (χ2v) is 7.91. The van der Waals surface area contributed by atoms with Crippen molar-refractivity contribution >= 4 is 17.5 Å². The first-order valence-corrected chi connectivity index (χ1v) is 9.78. The van der Waals surface area contributed by atoms with Crippen molar-refractivity contribution in [3.8, 4) is 0 Å². The number of nitrogens with zero attached hydrogens (tertiary/aromatic N) is 3. The SMILES string of the molecule is CC1COC(c2ccccc2Cl)CN1C(=O)[C@H]1CNC[C@@H]1c1cnn(C)c1. The predicted octanol–water partition coefficient (Wildman–Crippen LogP) is 2.37. The standard InChI is InChI=1S/C20H25ClN4O2/c1-13-12-27-19(15-5-3-4-6-18(15)21)11-25(13)20(26)17-9-22-8-16(17)14-7-23-24(2)10-14/h3-7,10,13,16-17,19,22H,8-9,11-12H2,1-2H3/t13?,16-,17+,19?/m1/s1. The van der Waals surface area contributed by atoms with Gasteiger partial charge in [0.2, 0.25) is 5.91 Å². The second-order valence-electron chi connectivity index (χ2n) is 7.50. The van der Waals surface area contributed by atoms with E-state index in [1.54, 1.807) is 4.68 Å². The Morgan fingerprint density at radius 2 is 2.15 bits per heavy atom. The Morgan fingerprint density at radius 3 is 2.89 bits per heavy atom. The fourth-order valence-corrected chi connectivity index (χ4v) is 4.38. The molecule has 2 fully saturated rings. The van der Waals surface area contributed by atoms with Gasteiger partial charge in [-0.1, -0.05) is 29.8 Å². The molecule has 1 amide bonds. The van der Waals surface area contributed by atoms with Crippen molar-refractivity contribution < 1.29 is 9.53 Å². The molecule has 144 valence electrons. The lowest BCUT2D eigenvalue weighted by Gasteiger charge is -2.40. The number of carbonyl (C=O) groups is 1. The van der Waals surface area contributed by atoms with E-state index in [2.05, 4.69) is 10.4 Å². The van der Waals surface area contributed by atoms with E-state index >= 15 is 0 Å². The first-order chi connectivity index (χ1) is 13.0. The topological polar surface area (TPSA) is 59.4 Å². The lowest BCUT2D eigenvalue weighted by atomic mass is 9.89. The Hall–Kier alpha value is -1.89. The van der Waals surface area contributed by atoms with Crippen molar-refractivity contribution in [2.24, 2.45) is 13.0 Å². The van der Waals surface area contributed by atoms with Gasteiger partial charge in [0, 0.05) is 42.8 Å². The van der Waals surface area contributed by atoms with Gasteiger partial charge < -0.3 is 15.0 Å². The summed E-state index contributed by atoms with van der Waals surface area (Å²) < 4.78 is 7.80. The summed E-state index contributed by atoms with van der Waals surface area (Å²) in [6.45, 7) is 4.58. The Bertz CT molecular complexity index is 824. The fourth-order valence-electron chi connectivity index (χ4n) is 4.12. The number of aryl methyl sites for hydroxylation is 1. The van der Waals surface area contributed by atoms with E-state index in [4.69, 9.17) is 16.3 Å². The minimum absolute atomic E-state index is 0.0476. The van der Waals surface area contributed by atoms with Crippen molar-refractivity contribution in [3.05, 3.63) is 52.8 Å². The number of morpholine rings is 1. The number of rotatable bonds is 3. The van der Waals surface area contributed by atoms with Gasteiger partial charge in [-0.15, -0.1) is 0 Å². The zero-order valence-electron chi connectivity index (χ0n) is 15.6. The van der Waals surface area contributed by atoms with Crippen molar-refractivity contribution in [2.45, 2.75) is 25.0 Å². The molecule has 27 heavy (non-hydrogen) atoms. The normalized spacial score (nSPS) is 28.5. The molecule has 0 saturated carbocycles. The number of hydrogen-bond donors (Lipinski definition) is 1. The van der Waals surface area contributed by atoms with Gasteiger partial charge in [0.1, 0.15) is 6.10 Å². The third kappa shape index (κ3) is 3.61. The van der Waals surface area contributed by atoms with E-state index in [0.29, 0.717) is 24.7 Å². The van der Waals surface area contributed by atoms with E-state index in [9.17, 15) is 4.79 Å². The zero-order valence-corrected chi connectivity index (χ0v) is 16.4. The van der Waals surface area contributed by atoms with Gasteiger partial charge >= 0.3 is 0 Å². The average molecular weight is 389 g/mol. The summed E-state index contributed by atoms with van der Waals surface area (Å²) in [5, 5.41) is 8.33. The van der Waals surface area contributed by atoms with Crippen molar-refractivity contribution in [3.63, 3.8) is 0 Å². The molecule has 2 aliphatic heterocycles. The lowest BCUT2D eigenvalue weighted by molar-refractivity contribution is -0.148. The van der Waals surface area contributed by atoms with Crippen LogP contribution in [0.3, 0.4) is 0 Å². The van der Waals surface area contributed by atoms with Crippen LogP contribution < -0.4 is 5.32 Å². The van der Waals surface area contributed by atoms with Gasteiger partial charge in [-0.3, -0.25) is 9.48 Å². The molecule has 7 heteroatoms. The first kappa shape index (κ1) is 18.5. The summed E-state index contributed by atoms with van der Waals surface area (Å²) in [6.07, 6.45) is 3.69.